The summed E-state index contributed by atoms with van der Waals surface area (Å²) in [7, 11) is 1.79. The van der Waals surface area contributed by atoms with Crippen molar-refractivity contribution in [2.24, 2.45) is 0 Å². The minimum absolute atomic E-state index is 0.0564. The van der Waals surface area contributed by atoms with E-state index in [0.717, 1.165) is 38.2 Å². The Balaban J connectivity index is 1.48. The lowest BCUT2D eigenvalue weighted by Gasteiger charge is -2.34. The van der Waals surface area contributed by atoms with Crippen molar-refractivity contribution in [1.82, 2.24) is 15.1 Å². The highest BCUT2D eigenvalue weighted by molar-refractivity contribution is 9.10. The van der Waals surface area contributed by atoms with Crippen LogP contribution in [0.1, 0.15) is 24.2 Å². The number of hydrogen-bond donors (Lipinski definition) is 1. The maximum Gasteiger partial charge on any atom is 0.317 e. The molecule has 0 radical (unpaired) electrons. The van der Waals surface area contributed by atoms with Crippen LogP contribution < -0.4 is 5.32 Å². The summed E-state index contributed by atoms with van der Waals surface area (Å²) in [6.07, 6.45) is 2.13. The van der Waals surface area contributed by atoms with Gasteiger partial charge in [-0.05, 0) is 53.0 Å². The van der Waals surface area contributed by atoms with Crippen molar-refractivity contribution >= 4 is 22.0 Å². The molecule has 1 fully saturated rings. The van der Waals surface area contributed by atoms with Crippen LogP contribution in [-0.2, 0) is 13.1 Å². The van der Waals surface area contributed by atoms with Crippen molar-refractivity contribution in [3.05, 3.63) is 58.5 Å². The van der Waals surface area contributed by atoms with Gasteiger partial charge in [-0.3, -0.25) is 4.90 Å². The molecule has 1 atom stereocenters. The summed E-state index contributed by atoms with van der Waals surface area (Å²) >= 11 is 3.28. The Morgan fingerprint density at radius 3 is 2.84 bits per heavy atom. The zero-order valence-electron chi connectivity index (χ0n) is 14.5. The van der Waals surface area contributed by atoms with E-state index < -0.39 is 0 Å². The summed E-state index contributed by atoms with van der Waals surface area (Å²) < 4.78 is 6.15. The average molecular weight is 406 g/mol. The van der Waals surface area contributed by atoms with Gasteiger partial charge in [0.05, 0.1) is 6.54 Å². The highest BCUT2D eigenvalue weighted by Gasteiger charge is 2.23. The first kappa shape index (κ1) is 18.0. The number of benzene rings is 1. The number of halogens is 1. The van der Waals surface area contributed by atoms with Gasteiger partial charge in [0.15, 0.2) is 4.67 Å². The number of urea groups is 1. The van der Waals surface area contributed by atoms with Crippen LogP contribution in [0.4, 0.5) is 4.79 Å². The van der Waals surface area contributed by atoms with Gasteiger partial charge in [0.2, 0.25) is 0 Å². The van der Waals surface area contributed by atoms with E-state index in [2.05, 4.69) is 50.4 Å². The Hall–Kier alpha value is -1.79. The van der Waals surface area contributed by atoms with Crippen LogP contribution in [0.3, 0.4) is 0 Å². The van der Waals surface area contributed by atoms with E-state index in [9.17, 15) is 4.79 Å². The van der Waals surface area contributed by atoms with Crippen molar-refractivity contribution in [2.45, 2.75) is 32.0 Å². The maximum atomic E-state index is 12.4. The Kier molecular flexibility index (Phi) is 6.15. The highest BCUT2D eigenvalue weighted by Crippen LogP contribution is 2.16. The number of nitrogens with one attached hydrogen (secondary N) is 1. The van der Waals surface area contributed by atoms with Crippen LogP contribution in [0.25, 0.3) is 0 Å². The Morgan fingerprint density at radius 1 is 1.32 bits per heavy atom. The fourth-order valence-electron chi connectivity index (χ4n) is 3.19. The van der Waals surface area contributed by atoms with Crippen molar-refractivity contribution in [3.8, 4) is 0 Å². The molecule has 134 valence electrons. The normalized spacial score (nSPS) is 18.1. The molecular formula is C19H24BrN3O2. The number of nitrogens with zero attached hydrogens (tertiary/aromatic N) is 2. The van der Waals surface area contributed by atoms with Crippen LogP contribution in [0.15, 0.2) is 51.6 Å². The van der Waals surface area contributed by atoms with Crippen LogP contribution >= 0.6 is 15.9 Å². The van der Waals surface area contributed by atoms with Crippen LogP contribution in [-0.4, -0.2) is 42.0 Å². The summed E-state index contributed by atoms with van der Waals surface area (Å²) in [5, 5.41) is 3.15. The van der Waals surface area contributed by atoms with Crippen LogP contribution in [0.2, 0.25) is 0 Å². The topological polar surface area (TPSA) is 48.7 Å². The smallest absolute Gasteiger partial charge is 0.317 e. The molecular weight excluding hydrogens is 382 g/mol. The quantitative estimate of drug-likeness (QED) is 0.821. The molecule has 1 aliphatic rings. The molecule has 1 N–H and O–H groups in total. The molecule has 0 spiro atoms. The summed E-state index contributed by atoms with van der Waals surface area (Å²) in [4.78, 5) is 16.5. The zero-order valence-corrected chi connectivity index (χ0v) is 16.0. The Labute approximate surface area is 157 Å². The van der Waals surface area contributed by atoms with E-state index in [0.29, 0.717) is 11.2 Å². The number of carbonyl (C=O) groups excluding carboxylic acids is 1. The molecule has 1 saturated heterocycles. The Bertz CT molecular complexity index is 689. The molecule has 2 aromatic rings. The van der Waals surface area contributed by atoms with E-state index in [1.54, 1.807) is 11.9 Å². The Morgan fingerprint density at radius 2 is 2.12 bits per heavy atom. The van der Waals surface area contributed by atoms with Crippen molar-refractivity contribution in [3.63, 3.8) is 0 Å². The van der Waals surface area contributed by atoms with Gasteiger partial charge in [-0.2, -0.15) is 0 Å². The first-order valence-electron chi connectivity index (χ1n) is 8.62. The summed E-state index contributed by atoms with van der Waals surface area (Å²) in [6.45, 7) is 3.36. The molecule has 1 aromatic carbocycles. The summed E-state index contributed by atoms with van der Waals surface area (Å²) in [5.41, 5.74) is 1.31. The number of piperidine rings is 1. The van der Waals surface area contributed by atoms with E-state index in [1.165, 1.54) is 5.56 Å². The third-order valence-electron chi connectivity index (χ3n) is 4.45. The second-order valence-corrected chi connectivity index (χ2v) is 7.35. The van der Waals surface area contributed by atoms with Crippen molar-refractivity contribution < 1.29 is 9.21 Å². The lowest BCUT2D eigenvalue weighted by Crippen LogP contribution is -2.50. The van der Waals surface area contributed by atoms with Gasteiger partial charge in [0.25, 0.3) is 0 Å². The molecule has 3 rings (SSSR count). The molecule has 1 unspecified atom stereocenters. The third-order valence-corrected chi connectivity index (χ3v) is 4.88. The number of hydrogen-bond acceptors (Lipinski definition) is 3. The molecule has 2 amide bonds. The predicted octanol–water partition coefficient (Wildman–Crippen LogP) is 3.85. The van der Waals surface area contributed by atoms with Gasteiger partial charge in [-0.25, -0.2) is 4.79 Å². The van der Waals surface area contributed by atoms with E-state index in [1.807, 2.05) is 18.2 Å². The minimum Gasteiger partial charge on any atom is -0.452 e. The minimum atomic E-state index is -0.0564. The predicted molar refractivity (Wildman–Crippen MR) is 101 cm³/mol. The molecule has 5 nitrogen and oxygen atoms in total. The number of amides is 2. The van der Waals surface area contributed by atoms with Gasteiger partial charge >= 0.3 is 6.03 Å². The number of rotatable bonds is 5. The lowest BCUT2D eigenvalue weighted by atomic mass is 10.0. The average Bonchev–Trinajstić information content (AvgIpc) is 3.01. The second-order valence-electron chi connectivity index (χ2n) is 6.57. The summed E-state index contributed by atoms with van der Waals surface area (Å²) in [5.74, 6) is 0.763. The van der Waals surface area contributed by atoms with Gasteiger partial charge in [-0.15, -0.1) is 0 Å². The molecule has 6 heteroatoms. The molecule has 0 saturated carbocycles. The molecule has 0 aliphatic carbocycles. The number of furan rings is 1. The number of likely N-dealkylation sites (tertiary alicyclic amines) is 1. The first-order valence-corrected chi connectivity index (χ1v) is 9.41. The summed E-state index contributed by atoms with van der Waals surface area (Å²) in [6, 6.07) is 14.3. The van der Waals surface area contributed by atoms with Gasteiger partial charge in [-0.1, -0.05) is 30.3 Å². The largest absolute Gasteiger partial charge is 0.452 e. The highest BCUT2D eigenvalue weighted by atomic mass is 79.9. The van der Waals surface area contributed by atoms with Gasteiger partial charge in [0, 0.05) is 26.2 Å². The third kappa shape index (κ3) is 5.34. The van der Waals surface area contributed by atoms with Gasteiger partial charge in [0.1, 0.15) is 5.76 Å². The number of carbonyl (C=O) groups is 1. The maximum absolute atomic E-state index is 12.4. The fraction of sp³-hybridized carbons (Fsp3) is 0.421. The van der Waals surface area contributed by atoms with Crippen molar-refractivity contribution in [2.75, 3.05) is 20.1 Å². The monoisotopic (exact) mass is 405 g/mol. The fourth-order valence-corrected chi connectivity index (χ4v) is 3.53. The van der Waals surface area contributed by atoms with Crippen molar-refractivity contribution in [1.29, 1.82) is 0 Å². The molecule has 2 heterocycles. The zero-order chi connectivity index (χ0) is 17.6. The standard InChI is InChI=1S/C19H24BrN3O2/c1-22(14-17-9-10-18(20)25-17)19(24)21-16-8-5-11-23(13-16)12-15-6-3-2-4-7-15/h2-4,6-7,9-10,16H,5,8,11-14H2,1H3,(H,21,24). The van der Waals surface area contributed by atoms with Crippen LogP contribution in [0.5, 0.6) is 0 Å². The molecule has 0 bridgehead atoms. The van der Waals surface area contributed by atoms with E-state index in [4.69, 9.17) is 4.42 Å². The molecule has 25 heavy (non-hydrogen) atoms. The van der Waals surface area contributed by atoms with Gasteiger partial charge < -0.3 is 14.6 Å². The lowest BCUT2D eigenvalue weighted by molar-refractivity contribution is 0.165. The second kappa shape index (κ2) is 8.54. The van der Waals surface area contributed by atoms with Crippen LogP contribution in [0, 0.1) is 0 Å². The van der Waals surface area contributed by atoms with E-state index in [-0.39, 0.29) is 12.1 Å². The van der Waals surface area contributed by atoms with E-state index >= 15 is 0 Å². The SMILES string of the molecule is CN(Cc1ccc(Br)o1)C(=O)NC1CCCN(Cc2ccccc2)C1. The molecule has 1 aliphatic heterocycles. The first-order chi connectivity index (χ1) is 12.1. The molecule has 1 aromatic heterocycles.